The molecule has 1 amide bonds. The summed E-state index contributed by atoms with van der Waals surface area (Å²) in [7, 11) is 0. The van der Waals surface area contributed by atoms with E-state index in [2.05, 4.69) is 10.3 Å². The molecule has 0 saturated heterocycles. The predicted molar refractivity (Wildman–Crippen MR) is 106 cm³/mol. The Morgan fingerprint density at radius 2 is 1.89 bits per heavy atom. The van der Waals surface area contributed by atoms with Gasteiger partial charge in [0.15, 0.2) is 0 Å². The first kappa shape index (κ1) is 18.5. The summed E-state index contributed by atoms with van der Waals surface area (Å²) in [6.07, 6.45) is -0.00452. The Hall–Kier alpha value is -2.83. The van der Waals surface area contributed by atoms with Crippen LogP contribution in [0.5, 0.6) is 5.75 Å². The Morgan fingerprint density at radius 1 is 1.07 bits per heavy atom. The summed E-state index contributed by atoms with van der Waals surface area (Å²) in [5.74, 6) is 0.492. The van der Waals surface area contributed by atoms with Crippen LogP contribution < -0.4 is 10.1 Å². The van der Waals surface area contributed by atoms with Crippen LogP contribution in [0.15, 0.2) is 54.6 Å². The zero-order valence-corrected chi connectivity index (χ0v) is 15.5. The van der Waals surface area contributed by atoms with Gasteiger partial charge in [0.05, 0.1) is 12.2 Å². The number of aliphatic hydroxyl groups excluding tert-OH is 2. The maximum Gasteiger partial charge on any atom is 0.267 e. The first-order valence-corrected chi connectivity index (χ1v) is 9.55. The number of H-pyrrole nitrogens is 1. The number of benzene rings is 2. The van der Waals surface area contributed by atoms with Crippen LogP contribution in [0.1, 0.15) is 35.3 Å². The Bertz CT molecular complexity index is 954. The number of aromatic amines is 1. The molecule has 1 aliphatic rings. The maximum absolute atomic E-state index is 12.6. The van der Waals surface area contributed by atoms with Crippen LogP contribution in [0.4, 0.5) is 0 Å². The van der Waals surface area contributed by atoms with Crippen LogP contribution in [-0.4, -0.2) is 39.4 Å². The molecular formula is C22H24N2O4. The second-order valence-electron chi connectivity index (χ2n) is 7.29. The highest BCUT2D eigenvalue weighted by molar-refractivity contribution is 5.99. The van der Waals surface area contributed by atoms with Crippen molar-refractivity contribution in [3.63, 3.8) is 0 Å². The van der Waals surface area contributed by atoms with Crippen molar-refractivity contribution < 1.29 is 19.7 Å². The van der Waals surface area contributed by atoms with Gasteiger partial charge in [-0.1, -0.05) is 36.4 Å². The average molecular weight is 380 g/mol. The fraction of sp³-hybridized carbons (Fsp3) is 0.318. The van der Waals surface area contributed by atoms with Gasteiger partial charge in [-0.25, -0.2) is 0 Å². The van der Waals surface area contributed by atoms with E-state index < -0.39 is 12.2 Å². The highest BCUT2D eigenvalue weighted by atomic mass is 16.5. The average Bonchev–Trinajstić information content (AvgIpc) is 3.15. The number of carbonyl (C=O) groups excluding carboxylic acids is 1. The highest BCUT2D eigenvalue weighted by Crippen LogP contribution is 2.27. The number of hydrogen-bond acceptors (Lipinski definition) is 4. The van der Waals surface area contributed by atoms with Gasteiger partial charge in [0.25, 0.3) is 5.91 Å². The summed E-state index contributed by atoms with van der Waals surface area (Å²) in [6, 6.07) is 17.2. The number of hydrogen-bond donors (Lipinski definition) is 4. The third kappa shape index (κ3) is 4.03. The van der Waals surface area contributed by atoms with Crippen molar-refractivity contribution in [1.29, 1.82) is 0 Å². The molecule has 2 aromatic carbocycles. The molecule has 3 atom stereocenters. The molecule has 1 unspecified atom stereocenters. The lowest BCUT2D eigenvalue weighted by atomic mass is 9.90. The molecular weight excluding hydrogens is 356 g/mol. The normalized spacial score (nSPS) is 22.1. The minimum absolute atomic E-state index is 0.147. The number of amides is 1. The first-order valence-electron chi connectivity index (χ1n) is 9.55. The smallest absolute Gasteiger partial charge is 0.267 e. The molecule has 6 nitrogen and oxygen atoms in total. The molecule has 3 aromatic rings. The van der Waals surface area contributed by atoms with Crippen LogP contribution >= 0.6 is 0 Å². The molecule has 0 aliphatic heterocycles. The maximum atomic E-state index is 12.6. The Balaban J connectivity index is 1.47. The largest absolute Gasteiger partial charge is 0.488 e. The SMILES string of the molecule is O=C(NC1CC[C@@H](O)[C@@H](O)C1)c1cc2c(OCc3ccccc3)cccc2[nH]1. The second-order valence-corrected chi connectivity index (χ2v) is 7.29. The Morgan fingerprint density at radius 3 is 2.68 bits per heavy atom. The molecule has 0 radical (unpaired) electrons. The van der Waals surface area contributed by atoms with Crippen molar-refractivity contribution in [2.45, 2.75) is 44.1 Å². The van der Waals surface area contributed by atoms with Crippen LogP contribution in [0.25, 0.3) is 10.9 Å². The Labute approximate surface area is 163 Å². The van der Waals surface area contributed by atoms with Crippen molar-refractivity contribution in [2.24, 2.45) is 0 Å². The summed E-state index contributed by atoms with van der Waals surface area (Å²) in [5, 5.41) is 23.2. The number of carbonyl (C=O) groups is 1. The molecule has 0 bridgehead atoms. The third-order valence-corrected chi connectivity index (χ3v) is 5.22. The van der Waals surface area contributed by atoms with E-state index in [1.165, 1.54) is 0 Å². The van der Waals surface area contributed by atoms with E-state index >= 15 is 0 Å². The third-order valence-electron chi connectivity index (χ3n) is 5.22. The zero-order valence-electron chi connectivity index (χ0n) is 15.5. The van der Waals surface area contributed by atoms with Gasteiger partial charge in [0, 0.05) is 16.9 Å². The molecule has 6 heteroatoms. The van der Waals surface area contributed by atoms with Crippen molar-refractivity contribution >= 4 is 16.8 Å². The fourth-order valence-corrected chi connectivity index (χ4v) is 3.64. The minimum atomic E-state index is -0.792. The lowest BCUT2D eigenvalue weighted by molar-refractivity contribution is -0.0175. The van der Waals surface area contributed by atoms with Crippen molar-refractivity contribution in [3.05, 3.63) is 65.9 Å². The molecule has 1 aromatic heterocycles. The summed E-state index contributed by atoms with van der Waals surface area (Å²) in [5.41, 5.74) is 2.35. The van der Waals surface area contributed by atoms with Gasteiger partial charge >= 0.3 is 0 Å². The molecule has 28 heavy (non-hydrogen) atoms. The van der Waals surface area contributed by atoms with Crippen LogP contribution in [-0.2, 0) is 6.61 Å². The number of ether oxygens (including phenoxy) is 1. The second kappa shape index (κ2) is 8.04. The fourth-order valence-electron chi connectivity index (χ4n) is 3.64. The molecule has 4 N–H and O–H groups in total. The summed E-state index contributed by atoms with van der Waals surface area (Å²) >= 11 is 0. The molecule has 1 aliphatic carbocycles. The van der Waals surface area contributed by atoms with E-state index in [1.807, 2.05) is 48.5 Å². The number of aliphatic hydroxyl groups is 2. The van der Waals surface area contributed by atoms with Gasteiger partial charge in [-0.2, -0.15) is 0 Å². The van der Waals surface area contributed by atoms with E-state index in [-0.39, 0.29) is 11.9 Å². The Kier molecular flexibility index (Phi) is 5.32. The topological polar surface area (TPSA) is 94.6 Å². The molecule has 0 spiro atoms. The van der Waals surface area contributed by atoms with Gasteiger partial charge < -0.3 is 25.3 Å². The van der Waals surface area contributed by atoms with E-state index in [1.54, 1.807) is 6.07 Å². The monoisotopic (exact) mass is 380 g/mol. The van der Waals surface area contributed by atoms with Crippen LogP contribution in [0, 0.1) is 0 Å². The van der Waals surface area contributed by atoms with Gasteiger partial charge in [0.1, 0.15) is 18.1 Å². The number of aromatic nitrogens is 1. The van der Waals surface area contributed by atoms with Gasteiger partial charge in [0.2, 0.25) is 0 Å². The summed E-state index contributed by atoms with van der Waals surface area (Å²) in [4.78, 5) is 15.8. The lowest BCUT2D eigenvalue weighted by Crippen LogP contribution is -2.44. The predicted octanol–water partition coefficient (Wildman–Crippen LogP) is 2.75. The van der Waals surface area contributed by atoms with Gasteiger partial charge in [-0.3, -0.25) is 4.79 Å². The molecule has 146 valence electrons. The van der Waals surface area contributed by atoms with Crippen molar-refractivity contribution in [2.75, 3.05) is 0 Å². The quantitative estimate of drug-likeness (QED) is 0.547. The van der Waals surface area contributed by atoms with Gasteiger partial charge in [-0.15, -0.1) is 0 Å². The number of nitrogens with one attached hydrogen (secondary N) is 2. The summed E-state index contributed by atoms with van der Waals surface area (Å²) in [6.45, 7) is 0.453. The highest BCUT2D eigenvalue weighted by Gasteiger charge is 2.28. The number of fused-ring (bicyclic) bond motifs is 1. The van der Waals surface area contributed by atoms with E-state index in [0.717, 1.165) is 16.5 Å². The molecule has 1 fully saturated rings. The lowest BCUT2D eigenvalue weighted by Gasteiger charge is -2.30. The molecule has 1 heterocycles. The summed E-state index contributed by atoms with van der Waals surface area (Å²) < 4.78 is 5.96. The van der Waals surface area contributed by atoms with Crippen molar-refractivity contribution in [3.8, 4) is 5.75 Å². The molecule has 1 saturated carbocycles. The van der Waals surface area contributed by atoms with Crippen LogP contribution in [0.3, 0.4) is 0 Å². The van der Waals surface area contributed by atoms with E-state index in [4.69, 9.17) is 4.74 Å². The molecule has 4 rings (SSSR count). The first-order chi connectivity index (χ1) is 13.6. The van der Waals surface area contributed by atoms with E-state index in [0.29, 0.717) is 37.3 Å². The minimum Gasteiger partial charge on any atom is -0.488 e. The van der Waals surface area contributed by atoms with Crippen molar-refractivity contribution in [1.82, 2.24) is 10.3 Å². The van der Waals surface area contributed by atoms with E-state index in [9.17, 15) is 15.0 Å². The van der Waals surface area contributed by atoms with Crippen LogP contribution in [0.2, 0.25) is 0 Å². The zero-order chi connectivity index (χ0) is 19.5. The standard InChI is InChI=1S/C22H24N2O4/c25-19-10-9-15(11-20(19)26)23-22(27)18-12-16-17(24-18)7-4-8-21(16)28-13-14-5-2-1-3-6-14/h1-8,12,15,19-20,24-26H,9-11,13H2,(H,23,27)/t15?,19-,20+/m1/s1. The van der Waals surface area contributed by atoms with Gasteiger partial charge in [-0.05, 0) is 43.0 Å². The number of rotatable bonds is 5.